The van der Waals surface area contributed by atoms with Crippen LogP contribution in [0.1, 0.15) is 41.4 Å². The van der Waals surface area contributed by atoms with Gasteiger partial charge in [0.05, 0.1) is 0 Å². The lowest BCUT2D eigenvalue weighted by atomic mass is 10.2. The van der Waals surface area contributed by atoms with Gasteiger partial charge >= 0.3 is 6.72 Å². The number of aldehydes is 4. The zero-order valence-electron chi connectivity index (χ0n) is 21.7. The molecule has 224 valence electrons. The fraction of sp³-hybridized carbons (Fsp3) is 0. The van der Waals surface area contributed by atoms with Gasteiger partial charge in [-0.05, 0) is 109 Å². The van der Waals surface area contributed by atoms with Gasteiger partial charge in [0.1, 0.15) is 48.1 Å². The van der Waals surface area contributed by atoms with Crippen molar-refractivity contribution in [2.24, 2.45) is 0 Å². The van der Waals surface area contributed by atoms with E-state index in [1.807, 2.05) is 0 Å². The van der Waals surface area contributed by atoms with Gasteiger partial charge < -0.3 is 18.7 Å². The summed E-state index contributed by atoms with van der Waals surface area (Å²) >= 11 is 24.8. The van der Waals surface area contributed by atoms with Crippen LogP contribution in [0.4, 0.5) is 0 Å². The van der Waals surface area contributed by atoms with Crippen LogP contribution in [0.15, 0.2) is 97.1 Å². The van der Waals surface area contributed by atoms with Crippen molar-refractivity contribution in [1.29, 1.82) is 0 Å². The van der Waals surface area contributed by atoms with Crippen molar-refractivity contribution in [3.05, 3.63) is 119 Å². The van der Waals surface area contributed by atoms with Crippen LogP contribution in [0.3, 0.4) is 0 Å². The second-order valence-electron chi connectivity index (χ2n) is 7.89. The predicted octanol–water partition coefficient (Wildman–Crippen LogP) is 9.02. The Morgan fingerprint density at radius 2 is 0.698 bits per heavy atom. The first-order valence-corrected chi connectivity index (χ1v) is 19.7. The van der Waals surface area contributed by atoms with E-state index in [9.17, 15) is 19.2 Å². The maximum atomic E-state index is 10.8. The minimum atomic E-state index is -3.39. The number of hydrogen-bond donors (Lipinski definition) is 1. The van der Waals surface area contributed by atoms with Crippen molar-refractivity contribution in [2.75, 3.05) is 0 Å². The van der Waals surface area contributed by atoms with E-state index in [0.29, 0.717) is 39.5 Å². The van der Waals surface area contributed by atoms with Crippen LogP contribution < -0.4 is 13.6 Å². The molecule has 0 unspecified atom stereocenters. The minimum Gasteiger partial charge on any atom is -0.508 e. The number of halogens is 3. The molecule has 1 N–H and O–H groups in total. The summed E-state index contributed by atoms with van der Waals surface area (Å²) in [4.78, 5) is 42.5. The standard InChI is InChI=1S/C21H15O6PS.C7H6O2.Cl3PS/c22-13-16-1-7-19(8-2-16)25-28(29,26-20-9-3-17(14-23)4-10-20)27-21-11-5-18(15-24)6-12-21;8-5-6-1-3-7(9)4-2-6;1-4(2,3)5/h1-15H;1-5,9H;. The van der Waals surface area contributed by atoms with Crippen LogP contribution in [0.2, 0.25) is 0 Å². The lowest BCUT2D eigenvalue weighted by Crippen LogP contribution is -2.07. The molecule has 0 aliphatic carbocycles. The van der Waals surface area contributed by atoms with E-state index in [4.69, 9.17) is 64.2 Å². The Kier molecular flexibility index (Phi) is 15.0. The van der Waals surface area contributed by atoms with Crippen LogP contribution in [0, 0.1) is 0 Å². The number of carbonyl (C=O) groups is 4. The SMILES string of the molecule is O=Cc1ccc(O)cc1.O=Cc1ccc(OP(=S)(Oc2ccc(C=O)cc2)Oc2ccc(C=O)cc2)cc1.S=P(Cl)(Cl)Cl. The van der Waals surface area contributed by atoms with Gasteiger partial charge in [0.25, 0.3) is 0 Å². The normalized spacial score (nSPS) is 10.4. The van der Waals surface area contributed by atoms with E-state index >= 15 is 0 Å². The first-order chi connectivity index (χ1) is 20.4. The van der Waals surface area contributed by atoms with Gasteiger partial charge in [0, 0.05) is 34.1 Å². The van der Waals surface area contributed by atoms with Gasteiger partial charge in [0.15, 0.2) is 0 Å². The van der Waals surface area contributed by atoms with Crippen molar-refractivity contribution >= 4 is 93.3 Å². The number of benzene rings is 4. The van der Waals surface area contributed by atoms with Crippen molar-refractivity contribution in [3.63, 3.8) is 0 Å². The van der Waals surface area contributed by atoms with Crippen molar-refractivity contribution in [2.45, 2.75) is 0 Å². The van der Waals surface area contributed by atoms with E-state index in [1.54, 1.807) is 84.9 Å². The maximum absolute atomic E-state index is 10.8. The molecular weight excluding hydrogens is 697 g/mol. The highest BCUT2D eigenvalue weighted by molar-refractivity contribution is 8.50. The van der Waals surface area contributed by atoms with Gasteiger partial charge in [-0.15, -0.1) is 0 Å². The van der Waals surface area contributed by atoms with Gasteiger partial charge in [-0.1, -0.05) is 33.7 Å². The topological polar surface area (TPSA) is 116 Å². The molecule has 0 radical (unpaired) electrons. The van der Waals surface area contributed by atoms with Crippen LogP contribution in [-0.4, -0.2) is 30.3 Å². The van der Waals surface area contributed by atoms with E-state index in [1.165, 1.54) is 12.1 Å². The van der Waals surface area contributed by atoms with Gasteiger partial charge in [-0.3, -0.25) is 19.2 Å². The molecule has 0 spiro atoms. The average Bonchev–Trinajstić information content (AvgIpc) is 2.98. The molecule has 4 aromatic rings. The zero-order chi connectivity index (χ0) is 31.9. The highest BCUT2D eigenvalue weighted by Gasteiger charge is 2.27. The summed E-state index contributed by atoms with van der Waals surface area (Å²) in [5.41, 5.74) is 2.04. The third kappa shape index (κ3) is 14.8. The molecule has 4 aromatic carbocycles. The molecule has 0 atom stereocenters. The molecule has 0 aliphatic heterocycles. The lowest BCUT2D eigenvalue weighted by molar-refractivity contribution is 0.111. The third-order valence-corrected chi connectivity index (χ3v) is 6.70. The summed E-state index contributed by atoms with van der Waals surface area (Å²) in [7, 11) is 0. The Morgan fingerprint density at radius 1 is 0.488 bits per heavy atom. The molecule has 0 saturated heterocycles. The molecule has 0 heterocycles. The molecule has 0 fully saturated rings. The smallest absolute Gasteiger partial charge is 0.490 e. The molecule has 0 aromatic heterocycles. The molecule has 15 heteroatoms. The summed E-state index contributed by atoms with van der Waals surface area (Å²) in [5, 5.41) is 8.74. The number of phenols is 1. The summed E-state index contributed by atoms with van der Waals surface area (Å²) < 4.78 is 15.2. The van der Waals surface area contributed by atoms with Crippen LogP contribution >= 0.6 is 44.5 Å². The molecule has 43 heavy (non-hydrogen) atoms. The Labute approximate surface area is 272 Å². The first-order valence-electron chi connectivity index (χ1n) is 11.6. The molecular formula is C28H21Cl3O8P2S2. The number of rotatable bonds is 10. The molecule has 0 saturated carbocycles. The summed E-state index contributed by atoms with van der Waals surface area (Å²) in [6.45, 7) is -3.39. The van der Waals surface area contributed by atoms with Gasteiger partial charge in [-0.2, -0.15) is 0 Å². The van der Waals surface area contributed by atoms with Gasteiger partial charge in [-0.25, -0.2) is 0 Å². The van der Waals surface area contributed by atoms with Gasteiger partial charge in [0.2, 0.25) is 4.10 Å². The summed E-state index contributed by atoms with van der Waals surface area (Å²) in [6.07, 6.45) is 2.89. The van der Waals surface area contributed by atoms with Crippen LogP contribution in [-0.2, 0) is 23.6 Å². The molecule has 0 amide bonds. The second-order valence-corrected chi connectivity index (χ2v) is 21.0. The number of aromatic hydroxyl groups is 1. The molecule has 4 rings (SSSR count). The largest absolute Gasteiger partial charge is 0.508 e. The Balaban J connectivity index is 0.000000379. The number of carbonyl (C=O) groups excluding carboxylic acids is 4. The average molecular weight is 718 g/mol. The second kappa shape index (κ2) is 17.9. The maximum Gasteiger partial charge on any atom is 0.490 e. The summed E-state index contributed by atoms with van der Waals surface area (Å²) in [5.74, 6) is 1.29. The summed E-state index contributed by atoms with van der Waals surface area (Å²) in [6, 6.07) is 25.1. The molecule has 0 aliphatic rings. The van der Waals surface area contributed by atoms with Crippen molar-refractivity contribution in [1.82, 2.24) is 0 Å². The van der Waals surface area contributed by atoms with E-state index in [0.717, 1.165) is 25.1 Å². The highest BCUT2D eigenvalue weighted by Crippen LogP contribution is 2.61. The quantitative estimate of drug-likeness (QED) is 0.126. The lowest BCUT2D eigenvalue weighted by Gasteiger charge is -2.23. The highest BCUT2D eigenvalue weighted by atomic mass is 36.1. The number of phenolic OH excluding ortho intramolecular Hbond substituents is 1. The fourth-order valence-corrected chi connectivity index (χ4v) is 4.84. The van der Waals surface area contributed by atoms with Crippen LogP contribution in [0.5, 0.6) is 23.0 Å². The van der Waals surface area contributed by atoms with E-state index in [-0.39, 0.29) is 5.75 Å². The Morgan fingerprint density at radius 3 is 0.907 bits per heavy atom. The predicted molar refractivity (Wildman–Crippen MR) is 177 cm³/mol. The molecule has 8 nitrogen and oxygen atoms in total. The Bertz CT molecular complexity index is 1450. The number of hydrogen-bond acceptors (Lipinski definition) is 10. The fourth-order valence-electron chi connectivity index (χ4n) is 2.82. The van der Waals surface area contributed by atoms with E-state index < -0.39 is 10.8 Å². The monoisotopic (exact) mass is 716 g/mol. The van der Waals surface area contributed by atoms with Crippen molar-refractivity contribution < 1.29 is 37.9 Å². The van der Waals surface area contributed by atoms with Crippen LogP contribution in [0.25, 0.3) is 0 Å². The van der Waals surface area contributed by atoms with Crippen molar-refractivity contribution in [3.8, 4) is 23.0 Å². The minimum absolute atomic E-state index is 0.181. The van der Waals surface area contributed by atoms with E-state index in [2.05, 4.69) is 11.8 Å². The Hall–Kier alpha value is -3.07. The molecule has 0 bridgehead atoms. The first kappa shape index (κ1) is 36.1. The third-order valence-electron chi connectivity index (χ3n) is 4.73. The zero-order valence-corrected chi connectivity index (χ0v) is 27.4.